The SMILES string of the molecule is CC1CCn2c(C3CCC3)nc(Cl)c2C1. The van der Waals surface area contributed by atoms with Gasteiger partial charge in [-0.15, -0.1) is 0 Å². The van der Waals surface area contributed by atoms with Crippen molar-refractivity contribution >= 4 is 11.6 Å². The number of nitrogens with zero attached hydrogens (tertiary/aromatic N) is 2. The summed E-state index contributed by atoms with van der Waals surface area (Å²) in [5.41, 5.74) is 1.29. The van der Waals surface area contributed by atoms with E-state index < -0.39 is 0 Å². The number of rotatable bonds is 1. The Labute approximate surface area is 95.6 Å². The van der Waals surface area contributed by atoms with Crippen molar-refractivity contribution in [2.24, 2.45) is 5.92 Å². The molecule has 1 aromatic rings. The van der Waals surface area contributed by atoms with Gasteiger partial charge in [0, 0.05) is 12.5 Å². The minimum Gasteiger partial charge on any atom is -0.330 e. The zero-order valence-electron chi connectivity index (χ0n) is 9.17. The van der Waals surface area contributed by atoms with Crippen LogP contribution in [0.1, 0.15) is 50.0 Å². The van der Waals surface area contributed by atoms with Crippen LogP contribution in [-0.2, 0) is 13.0 Å². The Balaban J connectivity index is 1.99. The minimum atomic E-state index is 0.699. The molecule has 0 radical (unpaired) electrons. The van der Waals surface area contributed by atoms with Crippen LogP contribution in [0.25, 0.3) is 0 Å². The van der Waals surface area contributed by atoms with E-state index in [1.165, 1.54) is 37.2 Å². The molecule has 82 valence electrons. The zero-order valence-corrected chi connectivity index (χ0v) is 9.93. The molecule has 3 rings (SSSR count). The molecule has 15 heavy (non-hydrogen) atoms. The number of fused-ring (bicyclic) bond motifs is 1. The predicted molar refractivity (Wildman–Crippen MR) is 61.3 cm³/mol. The molecule has 3 heteroatoms. The molecular weight excluding hydrogens is 208 g/mol. The van der Waals surface area contributed by atoms with E-state index >= 15 is 0 Å². The summed E-state index contributed by atoms with van der Waals surface area (Å²) in [6.07, 6.45) is 6.36. The van der Waals surface area contributed by atoms with E-state index in [2.05, 4.69) is 16.5 Å². The van der Waals surface area contributed by atoms with Gasteiger partial charge < -0.3 is 4.57 Å². The van der Waals surface area contributed by atoms with Gasteiger partial charge in [-0.1, -0.05) is 24.9 Å². The molecule has 1 aliphatic heterocycles. The van der Waals surface area contributed by atoms with Crippen LogP contribution in [0.15, 0.2) is 0 Å². The lowest BCUT2D eigenvalue weighted by Gasteiger charge is -2.28. The quantitative estimate of drug-likeness (QED) is 0.715. The normalized spacial score (nSPS) is 26.1. The third kappa shape index (κ3) is 1.50. The van der Waals surface area contributed by atoms with Crippen LogP contribution in [0, 0.1) is 5.92 Å². The maximum atomic E-state index is 6.22. The summed E-state index contributed by atoms with van der Waals surface area (Å²) in [4.78, 5) is 4.58. The minimum absolute atomic E-state index is 0.699. The Hall–Kier alpha value is -0.500. The van der Waals surface area contributed by atoms with Crippen molar-refractivity contribution in [1.82, 2.24) is 9.55 Å². The first-order chi connectivity index (χ1) is 7.25. The third-order valence-electron chi connectivity index (χ3n) is 3.91. The number of hydrogen-bond donors (Lipinski definition) is 0. The first-order valence-corrected chi connectivity index (χ1v) is 6.38. The molecular formula is C12H17ClN2. The summed E-state index contributed by atoms with van der Waals surface area (Å²) in [6, 6.07) is 0. The Bertz CT molecular complexity index is 379. The fraction of sp³-hybridized carbons (Fsp3) is 0.750. The largest absolute Gasteiger partial charge is 0.330 e. The smallest absolute Gasteiger partial charge is 0.150 e. The standard InChI is InChI=1S/C12H17ClN2/c1-8-5-6-15-10(7-8)11(13)14-12(15)9-3-2-4-9/h8-9H,2-7H2,1H3. The Morgan fingerprint density at radius 2 is 2.13 bits per heavy atom. The van der Waals surface area contributed by atoms with Crippen LogP contribution in [0.2, 0.25) is 5.15 Å². The third-order valence-corrected chi connectivity index (χ3v) is 4.21. The summed E-state index contributed by atoms with van der Waals surface area (Å²) >= 11 is 6.22. The molecule has 1 atom stereocenters. The van der Waals surface area contributed by atoms with Crippen LogP contribution < -0.4 is 0 Å². The molecule has 2 nitrogen and oxygen atoms in total. The van der Waals surface area contributed by atoms with E-state index in [0.717, 1.165) is 24.0 Å². The second-order valence-electron chi connectivity index (χ2n) is 5.08. The highest BCUT2D eigenvalue weighted by molar-refractivity contribution is 6.30. The molecule has 1 aliphatic carbocycles. The fourth-order valence-electron chi connectivity index (χ4n) is 2.68. The molecule has 1 aromatic heterocycles. The average Bonchev–Trinajstić information content (AvgIpc) is 2.41. The first kappa shape index (κ1) is 9.71. The predicted octanol–water partition coefficient (Wildman–Crippen LogP) is 3.39. The van der Waals surface area contributed by atoms with Crippen molar-refractivity contribution in [3.63, 3.8) is 0 Å². The second-order valence-corrected chi connectivity index (χ2v) is 5.44. The van der Waals surface area contributed by atoms with E-state index in [1.54, 1.807) is 0 Å². The van der Waals surface area contributed by atoms with Gasteiger partial charge in [0.1, 0.15) is 5.82 Å². The lowest BCUT2D eigenvalue weighted by Crippen LogP contribution is -2.22. The van der Waals surface area contributed by atoms with Crippen LogP contribution in [0.3, 0.4) is 0 Å². The van der Waals surface area contributed by atoms with Gasteiger partial charge in [0.2, 0.25) is 0 Å². The summed E-state index contributed by atoms with van der Waals surface area (Å²) in [6.45, 7) is 3.43. The van der Waals surface area contributed by atoms with Gasteiger partial charge in [0.15, 0.2) is 5.15 Å². The fourth-order valence-corrected chi connectivity index (χ4v) is 2.94. The van der Waals surface area contributed by atoms with E-state index in [-0.39, 0.29) is 0 Å². The number of aromatic nitrogens is 2. The molecule has 0 aromatic carbocycles. The van der Waals surface area contributed by atoms with E-state index in [9.17, 15) is 0 Å². The summed E-state index contributed by atoms with van der Waals surface area (Å²) < 4.78 is 2.40. The van der Waals surface area contributed by atoms with Crippen molar-refractivity contribution in [1.29, 1.82) is 0 Å². The van der Waals surface area contributed by atoms with Gasteiger partial charge in [-0.3, -0.25) is 0 Å². The van der Waals surface area contributed by atoms with E-state index in [4.69, 9.17) is 11.6 Å². The zero-order chi connectivity index (χ0) is 10.4. The molecule has 2 aliphatic rings. The molecule has 0 bridgehead atoms. The summed E-state index contributed by atoms with van der Waals surface area (Å²) in [5, 5.41) is 0.767. The Kier molecular flexibility index (Phi) is 2.27. The molecule has 1 saturated carbocycles. The second kappa shape index (κ2) is 3.51. The van der Waals surface area contributed by atoms with Gasteiger partial charge in [-0.2, -0.15) is 0 Å². The van der Waals surface area contributed by atoms with Crippen molar-refractivity contribution < 1.29 is 0 Å². The van der Waals surface area contributed by atoms with E-state index in [1.807, 2.05) is 0 Å². The highest BCUT2D eigenvalue weighted by Gasteiger charge is 2.29. The van der Waals surface area contributed by atoms with Crippen molar-refractivity contribution in [2.75, 3.05) is 0 Å². The van der Waals surface area contributed by atoms with Crippen LogP contribution in [-0.4, -0.2) is 9.55 Å². The maximum absolute atomic E-state index is 6.22. The van der Waals surface area contributed by atoms with Crippen molar-refractivity contribution in [3.8, 4) is 0 Å². The molecule has 0 amide bonds. The lowest BCUT2D eigenvalue weighted by atomic mass is 9.84. The molecule has 0 saturated heterocycles. The lowest BCUT2D eigenvalue weighted by molar-refractivity contribution is 0.356. The Morgan fingerprint density at radius 3 is 2.80 bits per heavy atom. The average molecular weight is 225 g/mol. The van der Waals surface area contributed by atoms with Gasteiger partial charge in [-0.05, 0) is 31.6 Å². The van der Waals surface area contributed by atoms with Crippen molar-refractivity contribution in [3.05, 3.63) is 16.7 Å². The molecule has 2 heterocycles. The molecule has 0 spiro atoms. The van der Waals surface area contributed by atoms with Crippen molar-refractivity contribution in [2.45, 2.75) is 51.5 Å². The van der Waals surface area contributed by atoms with Gasteiger partial charge in [0.05, 0.1) is 5.69 Å². The first-order valence-electron chi connectivity index (χ1n) is 6.00. The topological polar surface area (TPSA) is 17.8 Å². The summed E-state index contributed by atoms with van der Waals surface area (Å²) in [5.74, 6) is 2.73. The number of halogens is 1. The highest BCUT2D eigenvalue weighted by Crippen LogP contribution is 2.39. The number of hydrogen-bond acceptors (Lipinski definition) is 1. The van der Waals surface area contributed by atoms with Crippen LogP contribution >= 0.6 is 11.6 Å². The van der Waals surface area contributed by atoms with E-state index in [0.29, 0.717) is 5.92 Å². The monoisotopic (exact) mass is 224 g/mol. The highest BCUT2D eigenvalue weighted by atomic mass is 35.5. The van der Waals surface area contributed by atoms with Crippen LogP contribution in [0.5, 0.6) is 0 Å². The number of imidazole rings is 1. The maximum Gasteiger partial charge on any atom is 0.150 e. The molecule has 1 unspecified atom stereocenters. The van der Waals surface area contributed by atoms with Gasteiger partial charge in [-0.25, -0.2) is 4.98 Å². The Morgan fingerprint density at radius 1 is 1.33 bits per heavy atom. The summed E-state index contributed by atoms with van der Waals surface area (Å²) in [7, 11) is 0. The van der Waals surface area contributed by atoms with Gasteiger partial charge in [0.25, 0.3) is 0 Å². The molecule has 0 N–H and O–H groups in total. The van der Waals surface area contributed by atoms with Gasteiger partial charge >= 0.3 is 0 Å². The van der Waals surface area contributed by atoms with Crippen LogP contribution in [0.4, 0.5) is 0 Å². The molecule has 1 fully saturated rings.